The van der Waals surface area contributed by atoms with Gasteiger partial charge in [-0.1, -0.05) is 37.6 Å². The van der Waals surface area contributed by atoms with E-state index in [9.17, 15) is 9.59 Å². The molecule has 0 saturated carbocycles. The predicted molar refractivity (Wildman–Crippen MR) is 111 cm³/mol. The number of hydrogen-bond acceptors (Lipinski definition) is 2. The van der Waals surface area contributed by atoms with E-state index in [1.165, 1.54) is 0 Å². The molecule has 0 aliphatic heterocycles. The van der Waals surface area contributed by atoms with Crippen molar-refractivity contribution in [1.29, 1.82) is 0 Å². The van der Waals surface area contributed by atoms with Gasteiger partial charge in [-0.25, -0.2) is 4.79 Å². The van der Waals surface area contributed by atoms with Crippen molar-refractivity contribution in [2.45, 2.75) is 39.2 Å². The van der Waals surface area contributed by atoms with E-state index in [1.54, 1.807) is 24.3 Å². The summed E-state index contributed by atoms with van der Waals surface area (Å²) < 4.78 is 0. The van der Waals surface area contributed by atoms with Crippen molar-refractivity contribution in [2.75, 3.05) is 11.9 Å². The lowest BCUT2D eigenvalue weighted by atomic mass is 9.84. The van der Waals surface area contributed by atoms with Crippen molar-refractivity contribution < 1.29 is 9.59 Å². The third-order valence-electron chi connectivity index (χ3n) is 4.14. The van der Waals surface area contributed by atoms with Crippen LogP contribution < -0.4 is 16.0 Å². The molecule has 2 aromatic rings. The first-order valence-corrected chi connectivity index (χ1v) is 9.27. The monoisotopic (exact) mass is 387 g/mol. The quantitative estimate of drug-likeness (QED) is 0.679. The largest absolute Gasteiger partial charge is 0.351 e. The molecule has 3 amide bonds. The summed E-state index contributed by atoms with van der Waals surface area (Å²) >= 11 is 5.94. The summed E-state index contributed by atoms with van der Waals surface area (Å²) in [6.45, 7) is 8.40. The number of benzene rings is 2. The molecule has 0 atom stereocenters. The third kappa shape index (κ3) is 6.29. The highest BCUT2D eigenvalue weighted by Crippen LogP contribution is 2.24. The average Bonchev–Trinajstić information content (AvgIpc) is 2.60. The zero-order valence-corrected chi connectivity index (χ0v) is 16.9. The van der Waals surface area contributed by atoms with E-state index in [0.717, 1.165) is 5.56 Å². The maximum atomic E-state index is 12.4. The van der Waals surface area contributed by atoms with Crippen LogP contribution >= 0.6 is 11.6 Å². The second-order valence-corrected chi connectivity index (χ2v) is 7.84. The van der Waals surface area contributed by atoms with Gasteiger partial charge in [-0.15, -0.1) is 0 Å². The van der Waals surface area contributed by atoms with E-state index in [0.29, 0.717) is 22.8 Å². The molecule has 0 aliphatic rings. The number of hydrogen-bond donors (Lipinski definition) is 3. The molecule has 0 aliphatic carbocycles. The normalized spacial score (nSPS) is 11.2. The summed E-state index contributed by atoms with van der Waals surface area (Å²) in [6, 6.07) is 14.2. The molecule has 27 heavy (non-hydrogen) atoms. The Morgan fingerprint density at radius 1 is 1.00 bits per heavy atom. The number of halogens is 1. The van der Waals surface area contributed by atoms with Gasteiger partial charge < -0.3 is 16.0 Å². The van der Waals surface area contributed by atoms with Gasteiger partial charge in [-0.05, 0) is 55.8 Å². The molecule has 0 bridgehead atoms. The van der Waals surface area contributed by atoms with Gasteiger partial charge in [0, 0.05) is 34.3 Å². The van der Waals surface area contributed by atoms with Crippen molar-refractivity contribution in [2.24, 2.45) is 0 Å². The molecule has 0 aromatic heterocycles. The number of amides is 3. The van der Waals surface area contributed by atoms with E-state index >= 15 is 0 Å². The third-order valence-corrected chi connectivity index (χ3v) is 4.39. The van der Waals surface area contributed by atoms with Gasteiger partial charge in [0.25, 0.3) is 5.91 Å². The minimum Gasteiger partial charge on any atom is -0.351 e. The van der Waals surface area contributed by atoms with Crippen molar-refractivity contribution in [3.63, 3.8) is 0 Å². The molecule has 3 N–H and O–H groups in total. The summed E-state index contributed by atoms with van der Waals surface area (Å²) in [5.41, 5.74) is 2.04. The molecule has 0 spiro atoms. The van der Waals surface area contributed by atoms with Crippen molar-refractivity contribution >= 4 is 29.2 Å². The zero-order valence-electron chi connectivity index (χ0n) is 16.1. The Hall–Kier alpha value is -2.53. The summed E-state index contributed by atoms with van der Waals surface area (Å²) in [7, 11) is 0. The molecule has 5 nitrogen and oxygen atoms in total. The fourth-order valence-corrected chi connectivity index (χ4v) is 2.67. The van der Waals surface area contributed by atoms with Crippen LogP contribution in [0.4, 0.5) is 10.5 Å². The fraction of sp³-hybridized carbons (Fsp3) is 0.333. The minimum absolute atomic E-state index is 0.0547. The van der Waals surface area contributed by atoms with Crippen molar-refractivity contribution in [3.8, 4) is 0 Å². The highest BCUT2D eigenvalue weighted by Gasteiger charge is 2.21. The Morgan fingerprint density at radius 3 is 2.15 bits per heavy atom. The Morgan fingerprint density at radius 2 is 1.59 bits per heavy atom. The molecule has 6 heteroatoms. The predicted octanol–water partition coefficient (Wildman–Crippen LogP) is 4.58. The molecule has 144 valence electrons. The summed E-state index contributed by atoms with van der Waals surface area (Å²) in [5.74, 6) is -0.157. The van der Waals surface area contributed by atoms with Crippen LogP contribution in [0.15, 0.2) is 48.5 Å². The zero-order chi connectivity index (χ0) is 20.0. The van der Waals surface area contributed by atoms with Crippen LogP contribution in [-0.4, -0.2) is 24.5 Å². The molecular weight excluding hydrogens is 362 g/mol. The van der Waals surface area contributed by atoms with Gasteiger partial charge in [0.1, 0.15) is 0 Å². The average molecular weight is 388 g/mol. The maximum Gasteiger partial charge on any atom is 0.319 e. The molecular formula is C21H26ClN3O2. The van der Waals surface area contributed by atoms with Crippen molar-refractivity contribution in [3.05, 3.63) is 64.7 Å². The van der Waals surface area contributed by atoms with Crippen LogP contribution in [-0.2, 0) is 5.41 Å². The Labute approximate surface area is 165 Å². The first-order chi connectivity index (χ1) is 12.7. The van der Waals surface area contributed by atoms with Crippen LogP contribution in [0.3, 0.4) is 0 Å². The Kier molecular flexibility index (Phi) is 6.86. The maximum absolute atomic E-state index is 12.4. The van der Waals surface area contributed by atoms with Crippen LogP contribution in [0.2, 0.25) is 5.02 Å². The van der Waals surface area contributed by atoms with Crippen molar-refractivity contribution in [1.82, 2.24) is 10.6 Å². The summed E-state index contributed by atoms with van der Waals surface area (Å²) in [4.78, 5) is 24.1. The van der Waals surface area contributed by atoms with Gasteiger partial charge in [0.15, 0.2) is 0 Å². The van der Waals surface area contributed by atoms with E-state index in [1.807, 2.05) is 38.1 Å². The number of rotatable bonds is 6. The van der Waals surface area contributed by atoms with Crippen LogP contribution in [0.25, 0.3) is 0 Å². The van der Waals surface area contributed by atoms with E-state index in [-0.39, 0.29) is 23.4 Å². The van der Waals surface area contributed by atoms with E-state index in [2.05, 4.69) is 29.8 Å². The fourth-order valence-electron chi connectivity index (χ4n) is 2.54. The van der Waals surface area contributed by atoms with Crippen LogP contribution in [0.5, 0.6) is 0 Å². The number of nitrogens with one attached hydrogen (secondary N) is 3. The van der Waals surface area contributed by atoms with Gasteiger partial charge >= 0.3 is 6.03 Å². The molecule has 0 heterocycles. The molecule has 0 fully saturated rings. The summed E-state index contributed by atoms with van der Waals surface area (Å²) in [6.07, 6.45) is 0. The SMILES string of the molecule is CC(C)NC(=O)Nc1ccc(C(=O)NCC(C)(C)c2ccc(Cl)cc2)cc1. The number of urea groups is 1. The number of carbonyl (C=O) groups excluding carboxylic acids is 2. The highest BCUT2D eigenvalue weighted by molar-refractivity contribution is 6.30. The van der Waals surface area contributed by atoms with Crippen LogP contribution in [0.1, 0.15) is 43.6 Å². The van der Waals surface area contributed by atoms with Gasteiger partial charge in [0.2, 0.25) is 0 Å². The lowest BCUT2D eigenvalue weighted by Crippen LogP contribution is -2.36. The standard InChI is InChI=1S/C21H26ClN3O2/c1-14(2)24-20(27)25-18-11-5-15(6-12-18)19(26)23-13-21(3,4)16-7-9-17(22)10-8-16/h5-12,14H,13H2,1-4H3,(H,23,26)(H2,24,25,27). The highest BCUT2D eigenvalue weighted by atomic mass is 35.5. The first-order valence-electron chi connectivity index (χ1n) is 8.89. The lowest BCUT2D eigenvalue weighted by molar-refractivity contribution is 0.0945. The van der Waals surface area contributed by atoms with Gasteiger partial charge in [-0.2, -0.15) is 0 Å². The molecule has 2 aromatic carbocycles. The number of carbonyl (C=O) groups is 2. The topological polar surface area (TPSA) is 70.2 Å². The minimum atomic E-state index is -0.271. The van der Waals surface area contributed by atoms with Crippen LogP contribution in [0, 0.1) is 0 Å². The molecule has 0 radical (unpaired) electrons. The molecule has 0 unspecified atom stereocenters. The lowest BCUT2D eigenvalue weighted by Gasteiger charge is -2.25. The van der Waals surface area contributed by atoms with E-state index in [4.69, 9.17) is 11.6 Å². The van der Waals surface area contributed by atoms with E-state index < -0.39 is 0 Å². The van der Waals surface area contributed by atoms with Gasteiger partial charge in [-0.3, -0.25) is 4.79 Å². The second-order valence-electron chi connectivity index (χ2n) is 7.40. The second kappa shape index (κ2) is 8.91. The summed E-state index contributed by atoms with van der Waals surface area (Å²) in [5, 5.41) is 9.13. The van der Waals surface area contributed by atoms with Gasteiger partial charge in [0.05, 0.1) is 0 Å². The Balaban J connectivity index is 1.93. The number of anilines is 1. The molecule has 0 saturated heterocycles. The molecule has 2 rings (SSSR count). The Bertz CT molecular complexity index is 784. The first kappa shape index (κ1) is 20.8. The smallest absolute Gasteiger partial charge is 0.319 e.